The van der Waals surface area contributed by atoms with Gasteiger partial charge in [-0.25, -0.2) is 0 Å². The molecule has 0 aliphatic rings. The molecule has 19 heteroatoms. The monoisotopic (exact) mass is 606 g/mol. The minimum Gasteiger partial charge on any atom is -0.497 e. The molecular weight excluding hydrogens is 593 g/mol. The van der Waals surface area contributed by atoms with Crippen LogP contribution in [-0.4, -0.2) is 54.7 Å². The van der Waals surface area contributed by atoms with Crippen molar-refractivity contribution in [3.05, 3.63) is 36.5 Å². The minimum atomic E-state index is -8.63. The zero-order valence-corrected chi connectivity index (χ0v) is 18.7. The van der Waals surface area contributed by atoms with Crippen LogP contribution < -0.4 is 9.30 Å². The first-order valence-electron chi connectivity index (χ1n) is 9.92. The molecule has 222 valence electrons. The van der Waals surface area contributed by atoms with E-state index in [1.54, 1.807) is 0 Å². The molecular formula is C20H13F17NO+. The lowest BCUT2D eigenvalue weighted by Crippen LogP contribution is -2.74. The number of aryl methyl sites for hydroxylation is 1. The van der Waals surface area contributed by atoms with Crippen molar-refractivity contribution in [1.29, 1.82) is 0 Å². The highest BCUT2D eigenvalue weighted by atomic mass is 19.4. The number of pyridine rings is 1. The molecule has 1 aromatic carbocycles. The Hall–Kier alpha value is -2.76. The summed E-state index contributed by atoms with van der Waals surface area (Å²) in [5, 5.41) is 0.177. The van der Waals surface area contributed by atoms with Crippen LogP contribution in [0.5, 0.6) is 5.75 Å². The SMILES string of the molecule is COc1ccc2c(ccc[n+]2CCC(F)(F)C(F)(F)C(F)(F)C(F)(F)C(F)(F)C(F)(F)C(F)(F)C(F)(F)F)c1. The van der Waals surface area contributed by atoms with Crippen molar-refractivity contribution < 1.29 is 83.9 Å². The Kier molecular flexibility index (Phi) is 7.83. The molecule has 0 saturated carbocycles. The van der Waals surface area contributed by atoms with Gasteiger partial charge in [0.2, 0.25) is 5.52 Å². The standard InChI is InChI=1S/C20H13F17NO/c1-39-11-4-5-12-10(9-11)3-2-7-38(12)8-6-13(21,22)14(23,24)15(25,26)16(27,28)17(29,30)18(31,32)19(33,34)20(35,36)37/h2-5,7,9H,6,8H2,1H3/q+1. The van der Waals surface area contributed by atoms with E-state index in [-0.39, 0.29) is 16.7 Å². The maximum absolute atomic E-state index is 14.2. The second kappa shape index (κ2) is 9.42. The van der Waals surface area contributed by atoms with Gasteiger partial charge in [0.05, 0.1) is 18.9 Å². The number of hydrogen-bond acceptors (Lipinski definition) is 1. The molecule has 2 nitrogen and oxygen atoms in total. The number of methoxy groups -OCH3 is 1. The van der Waals surface area contributed by atoms with Crippen LogP contribution in [0.3, 0.4) is 0 Å². The molecule has 0 aliphatic carbocycles. The van der Waals surface area contributed by atoms with E-state index in [2.05, 4.69) is 0 Å². The topological polar surface area (TPSA) is 13.1 Å². The molecule has 2 rings (SSSR count). The van der Waals surface area contributed by atoms with Crippen molar-refractivity contribution >= 4 is 10.9 Å². The Balaban J connectivity index is 2.48. The average molecular weight is 606 g/mol. The molecule has 0 N–H and O–H groups in total. The van der Waals surface area contributed by atoms with Gasteiger partial charge in [-0.15, -0.1) is 0 Å². The van der Waals surface area contributed by atoms with E-state index in [1.807, 2.05) is 0 Å². The van der Waals surface area contributed by atoms with Crippen LogP contribution in [0, 0.1) is 0 Å². The van der Waals surface area contributed by atoms with Crippen molar-refractivity contribution in [3.63, 3.8) is 0 Å². The third kappa shape index (κ3) is 4.68. The number of halogens is 17. The summed E-state index contributed by atoms with van der Waals surface area (Å²) in [4.78, 5) is 0. The fourth-order valence-corrected chi connectivity index (χ4v) is 3.19. The Labute approximate surface area is 205 Å². The van der Waals surface area contributed by atoms with Crippen molar-refractivity contribution in [2.45, 2.75) is 60.6 Å². The lowest BCUT2D eigenvalue weighted by Gasteiger charge is -2.42. The van der Waals surface area contributed by atoms with E-state index in [0.29, 0.717) is 4.57 Å². The molecule has 0 bridgehead atoms. The summed E-state index contributed by atoms with van der Waals surface area (Å²) in [6.07, 6.45) is -9.43. The number of benzene rings is 1. The summed E-state index contributed by atoms with van der Waals surface area (Å²) in [5.74, 6) is -56.1. The van der Waals surface area contributed by atoms with E-state index in [1.165, 1.54) is 25.3 Å². The van der Waals surface area contributed by atoms with Gasteiger partial charge in [0, 0.05) is 12.1 Å². The van der Waals surface area contributed by atoms with Gasteiger partial charge in [0.25, 0.3) is 0 Å². The highest BCUT2D eigenvalue weighted by molar-refractivity contribution is 5.77. The van der Waals surface area contributed by atoms with Crippen molar-refractivity contribution in [2.75, 3.05) is 7.11 Å². The van der Waals surface area contributed by atoms with Crippen LogP contribution in [0.25, 0.3) is 10.9 Å². The molecule has 39 heavy (non-hydrogen) atoms. The molecule has 0 amide bonds. The van der Waals surface area contributed by atoms with Crippen LogP contribution in [0.1, 0.15) is 6.42 Å². The van der Waals surface area contributed by atoms with Crippen LogP contribution >= 0.6 is 0 Å². The third-order valence-electron chi connectivity index (χ3n) is 5.54. The number of alkyl halides is 17. The summed E-state index contributed by atoms with van der Waals surface area (Å²) in [6, 6.07) is 6.10. The number of rotatable bonds is 10. The zero-order chi connectivity index (χ0) is 30.7. The summed E-state index contributed by atoms with van der Waals surface area (Å²) < 4.78 is 233. The fourth-order valence-electron chi connectivity index (χ4n) is 3.19. The molecule has 0 atom stereocenters. The maximum atomic E-state index is 14.2. The van der Waals surface area contributed by atoms with E-state index < -0.39 is 60.6 Å². The number of nitrogens with zero attached hydrogens (tertiary/aromatic N) is 1. The van der Waals surface area contributed by atoms with Gasteiger partial charge in [-0.2, -0.15) is 79.2 Å². The summed E-state index contributed by atoms with van der Waals surface area (Å²) >= 11 is 0. The van der Waals surface area contributed by atoms with Crippen LogP contribution in [0.2, 0.25) is 0 Å². The zero-order valence-electron chi connectivity index (χ0n) is 18.7. The third-order valence-corrected chi connectivity index (χ3v) is 5.54. The second-order valence-electron chi connectivity index (χ2n) is 8.02. The Morgan fingerprint density at radius 3 is 1.54 bits per heavy atom. The Morgan fingerprint density at radius 2 is 1.08 bits per heavy atom. The quantitative estimate of drug-likeness (QED) is 0.201. The van der Waals surface area contributed by atoms with E-state index in [9.17, 15) is 74.6 Å². The van der Waals surface area contributed by atoms with Crippen molar-refractivity contribution in [2.24, 2.45) is 0 Å². The summed E-state index contributed by atoms with van der Waals surface area (Å²) in [6.45, 7) is -1.42. The largest absolute Gasteiger partial charge is 0.497 e. The predicted octanol–water partition coefficient (Wildman–Crippen LogP) is 7.54. The maximum Gasteiger partial charge on any atom is 0.460 e. The first-order chi connectivity index (χ1) is 17.2. The van der Waals surface area contributed by atoms with Crippen molar-refractivity contribution in [1.82, 2.24) is 0 Å². The summed E-state index contributed by atoms with van der Waals surface area (Å²) in [5.41, 5.74) is -0.0601. The lowest BCUT2D eigenvalue weighted by molar-refractivity contribution is -0.675. The molecule has 1 aromatic heterocycles. The lowest BCUT2D eigenvalue weighted by atomic mass is 9.88. The Bertz CT molecular complexity index is 1190. The summed E-state index contributed by atoms with van der Waals surface area (Å²) in [7, 11) is 1.22. The number of hydrogen-bond donors (Lipinski definition) is 0. The van der Waals surface area contributed by atoms with E-state index in [4.69, 9.17) is 4.74 Å². The van der Waals surface area contributed by atoms with Gasteiger partial charge in [0.15, 0.2) is 12.7 Å². The van der Waals surface area contributed by atoms with Gasteiger partial charge in [-0.1, -0.05) is 0 Å². The Morgan fingerprint density at radius 1 is 0.615 bits per heavy atom. The normalized spacial score (nSPS) is 15.1. The molecule has 2 aromatic rings. The van der Waals surface area contributed by atoms with Crippen molar-refractivity contribution in [3.8, 4) is 5.75 Å². The molecule has 0 fully saturated rings. The highest BCUT2D eigenvalue weighted by Crippen LogP contribution is 2.64. The van der Waals surface area contributed by atoms with Gasteiger partial charge in [-0.3, -0.25) is 0 Å². The molecule has 0 saturated heterocycles. The number of ether oxygens (including phenoxy) is 1. The second-order valence-corrected chi connectivity index (χ2v) is 8.02. The first-order valence-corrected chi connectivity index (χ1v) is 9.92. The van der Waals surface area contributed by atoms with Crippen LogP contribution in [-0.2, 0) is 6.54 Å². The molecule has 1 heterocycles. The van der Waals surface area contributed by atoms with Gasteiger partial charge in [-0.05, 0) is 18.2 Å². The average Bonchev–Trinajstić information content (AvgIpc) is 2.80. The predicted molar refractivity (Wildman–Crippen MR) is 96.0 cm³/mol. The molecule has 0 spiro atoms. The first kappa shape index (κ1) is 32.5. The van der Waals surface area contributed by atoms with Crippen LogP contribution in [0.4, 0.5) is 74.6 Å². The van der Waals surface area contributed by atoms with E-state index in [0.717, 1.165) is 18.3 Å². The van der Waals surface area contributed by atoms with Gasteiger partial charge >= 0.3 is 47.6 Å². The molecule has 0 unspecified atom stereocenters. The van der Waals surface area contributed by atoms with Gasteiger partial charge in [0.1, 0.15) is 5.75 Å². The highest BCUT2D eigenvalue weighted by Gasteiger charge is 2.95. The van der Waals surface area contributed by atoms with Crippen LogP contribution in [0.15, 0.2) is 36.5 Å². The fraction of sp³-hybridized carbons (Fsp3) is 0.550. The minimum absolute atomic E-state index is 0.0601. The van der Waals surface area contributed by atoms with Gasteiger partial charge < -0.3 is 4.74 Å². The molecule has 0 aliphatic heterocycles. The smallest absolute Gasteiger partial charge is 0.460 e. The number of fused-ring (bicyclic) bond motifs is 1. The number of aromatic nitrogens is 1. The molecule has 0 radical (unpaired) electrons. The van der Waals surface area contributed by atoms with E-state index >= 15 is 0 Å².